The molecule has 2 aromatic rings. The van der Waals surface area contributed by atoms with E-state index in [4.69, 9.17) is 9.47 Å². The first-order valence-corrected chi connectivity index (χ1v) is 7.93. The van der Waals surface area contributed by atoms with Gasteiger partial charge in [0.05, 0.1) is 18.9 Å². The second-order valence-corrected chi connectivity index (χ2v) is 5.74. The minimum atomic E-state index is -0.202. The molecule has 0 spiro atoms. The summed E-state index contributed by atoms with van der Waals surface area (Å²) in [6, 6.07) is 5.40. The fraction of sp³-hybridized carbons (Fsp3) is 0.333. The monoisotopic (exact) mass is 327 g/mol. The summed E-state index contributed by atoms with van der Waals surface area (Å²) in [7, 11) is 1.89. The predicted octanol–water partition coefficient (Wildman–Crippen LogP) is 2.85. The maximum absolute atomic E-state index is 12.2. The second kappa shape index (κ2) is 6.78. The molecule has 0 bridgehead atoms. The molecule has 6 nitrogen and oxygen atoms in total. The Bertz CT molecular complexity index is 793. The Balaban J connectivity index is 1.71. The highest BCUT2D eigenvalue weighted by Crippen LogP contribution is 2.32. The number of amides is 1. The molecule has 0 saturated heterocycles. The van der Waals surface area contributed by atoms with Crippen LogP contribution in [-0.4, -0.2) is 28.9 Å². The average molecular weight is 327 g/mol. The van der Waals surface area contributed by atoms with E-state index in [-0.39, 0.29) is 5.91 Å². The normalized spacial score (nSPS) is 13.8. The van der Waals surface area contributed by atoms with Crippen LogP contribution in [0.3, 0.4) is 0 Å². The van der Waals surface area contributed by atoms with E-state index >= 15 is 0 Å². The first-order valence-electron chi connectivity index (χ1n) is 7.93. The number of aryl methyl sites for hydroxylation is 2. The van der Waals surface area contributed by atoms with E-state index in [9.17, 15) is 4.79 Å². The largest absolute Gasteiger partial charge is 0.490 e. The molecule has 1 aromatic carbocycles. The first-order chi connectivity index (χ1) is 11.5. The van der Waals surface area contributed by atoms with Gasteiger partial charge in [-0.1, -0.05) is 0 Å². The summed E-state index contributed by atoms with van der Waals surface area (Å²) in [6.45, 7) is 5.16. The van der Waals surface area contributed by atoms with Crippen LogP contribution in [0.1, 0.15) is 23.4 Å². The van der Waals surface area contributed by atoms with Gasteiger partial charge in [0.25, 0.3) is 0 Å². The van der Waals surface area contributed by atoms with Gasteiger partial charge in [-0.25, -0.2) is 0 Å². The predicted molar refractivity (Wildman–Crippen MR) is 92.4 cm³/mol. The third-order valence-electron chi connectivity index (χ3n) is 3.98. The number of benzene rings is 1. The Labute approximate surface area is 141 Å². The molecule has 1 aromatic heterocycles. The summed E-state index contributed by atoms with van der Waals surface area (Å²) in [5, 5.41) is 7.17. The number of ether oxygens (including phenoxy) is 2. The van der Waals surface area contributed by atoms with E-state index in [1.54, 1.807) is 22.9 Å². The van der Waals surface area contributed by atoms with Gasteiger partial charge >= 0.3 is 0 Å². The van der Waals surface area contributed by atoms with Crippen molar-refractivity contribution in [3.05, 3.63) is 41.2 Å². The lowest BCUT2D eigenvalue weighted by Gasteiger charge is -2.09. The summed E-state index contributed by atoms with van der Waals surface area (Å²) >= 11 is 0. The highest BCUT2D eigenvalue weighted by atomic mass is 16.5. The van der Waals surface area contributed by atoms with Crippen LogP contribution in [0.5, 0.6) is 11.5 Å². The van der Waals surface area contributed by atoms with Gasteiger partial charge in [-0.05, 0) is 32.1 Å². The SMILES string of the molecule is Cc1nn(C)c(C)c1C=CC(=O)Nc1ccc2c(c1)OCCCO2. The maximum atomic E-state index is 12.2. The molecule has 0 aliphatic carbocycles. The molecule has 1 aliphatic heterocycles. The molecule has 0 fully saturated rings. The molecule has 0 unspecified atom stereocenters. The Kier molecular flexibility index (Phi) is 4.55. The highest BCUT2D eigenvalue weighted by molar-refractivity contribution is 6.02. The van der Waals surface area contributed by atoms with Crippen LogP contribution in [0.4, 0.5) is 5.69 Å². The van der Waals surface area contributed by atoms with Gasteiger partial charge in [-0.15, -0.1) is 0 Å². The van der Waals surface area contributed by atoms with Crippen molar-refractivity contribution >= 4 is 17.7 Å². The molecule has 0 saturated carbocycles. The van der Waals surface area contributed by atoms with Crippen molar-refractivity contribution in [2.24, 2.45) is 7.05 Å². The number of nitrogens with one attached hydrogen (secondary N) is 1. The van der Waals surface area contributed by atoms with Crippen molar-refractivity contribution in [3.8, 4) is 11.5 Å². The maximum Gasteiger partial charge on any atom is 0.248 e. The van der Waals surface area contributed by atoms with Gasteiger partial charge in [0.1, 0.15) is 0 Å². The molecule has 1 aliphatic rings. The summed E-state index contributed by atoms with van der Waals surface area (Å²) in [4.78, 5) is 12.2. The fourth-order valence-corrected chi connectivity index (χ4v) is 2.62. The van der Waals surface area contributed by atoms with Crippen LogP contribution in [0.15, 0.2) is 24.3 Å². The Morgan fingerprint density at radius 2 is 2.00 bits per heavy atom. The minimum absolute atomic E-state index is 0.202. The molecule has 1 amide bonds. The van der Waals surface area contributed by atoms with Crippen LogP contribution < -0.4 is 14.8 Å². The molecule has 2 heterocycles. The van der Waals surface area contributed by atoms with Crippen molar-refractivity contribution in [3.63, 3.8) is 0 Å². The molecule has 6 heteroatoms. The van der Waals surface area contributed by atoms with Gasteiger partial charge in [-0.2, -0.15) is 5.10 Å². The molecular weight excluding hydrogens is 306 g/mol. The number of aromatic nitrogens is 2. The van der Waals surface area contributed by atoms with Crippen molar-refractivity contribution in [1.29, 1.82) is 0 Å². The van der Waals surface area contributed by atoms with Gasteiger partial charge < -0.3 is 14.8 Å². The molecular formula is C18H21N3O3. The minimum Gasteiger partial charge on any atom is -0.490 e. The molecule has 24 heavy (non-hydrogen) atoms. The Morgan fingerprint density at radius 1 is 1.25 bits per heavy atom. The van der Waals surface area contributed by atoms with Gasteiger partial charge in [0.15, 0.2) is 11.5 Å². The van der Waals surface area contributed by atoms with Crippen LogP contribution >= 0.6 is 0 Å². The zero-order valence-corrected chi connectivity index (χ0v) is 14.1. The second-order valence-electron chi connectivity index (χ2n) is 5.74. The Hall–Kier alpha value is -2.76. The molecule has 3 rings (SSSR count). The number of fused-ring (bicyclic) bond motifs is 1. The van der Waals surface area contributed by atoms with Crippen molar-refractivity contribution < 1.29 is 14.3 Å². The molecule has 0 radical (unpaired) electrons. The Morgan fingerprint density at radius 3 is 2.71 bits per heavy atom. The average Bonchev–Trinajstić information content (AvgIpc) is 2.72. The van der Waals surface area contributed by atoms with Crippen LogP contribution in [0, 0.1) is 13.8 Å². The molecule has 0 atom stereocenters. The summed E-state index contributed by atoms with van der Waals surface area (Å²) in [6.07, 6.45) is 4.15. The van der Waals surface area contributed by atoms with Crippen molar-refractivity contribution in [2.45, 2.75) is 20.3 Å². The third-order valence-corrected chi connectivity index (χ3v) is 3.98. The standard InChI is InChI=1S/C18H21N3O3/c1-12-15(13(2)21(3)20-12)6-8-18(22)19-14-5-7-16-17(11-14)24-10-4-9-23-16/h5-8,11H,4,9-10H2,1-3H3,(H,19,22). The number of carbonyl (C=O) groups is 1. The lowest BCUT2D eigenvalue weighted by molar-refractivity contribution is -0.111. The third kappa shape index (κ3) is 3.42. The summed E-state index contributed by atoms with van der Waals surface area (Å²) in [5.41, 5.74) is 3.56. The summed E-state index contributed by atoms with van der Waals surface area (Å²) in [5.74, 6) is 1.17. The number of nitrogens with zero attached hydrogens (tertiary/aromatic N) is 2. The van der Waals surface area contributed by atoms with E-state index in [1.165, 1.54) is 6.08 Å². The smallest absolute Gasteiger partial charge is 0.248 e. The number of carbonyl (C=O) groups excluding carboxylic acids is 1. The van der Waals surface area contributed by atoms with Gasteiger partial charge in [0.2, 0.25) is 5.91 Å². The zero-order chi connectivity index (χ0) is 17.1. The van der Waals surface area contributed by atoms with E-state index in [0.717, 1.165) is 23.4 Å². The number of hydrogen-bond acceptors (Lipinski definition) is 4. The van der Waals surface area contributed by atoms with E-state index < -0.39 is 0 Å². The van der Waals surface area contributed by atoms with Crippen LogP contribution in [-0.2, 0) is 11.8 Å². The number of rotatable bonds is 3. The van der Waals surface area contributed by atoms with Crippen molar-refractivity contribution in [2.75, 3.05) is 18.5 Å². The summed E-state index contributed by atoms with van der Waals surface area (Å²) < 4.78 is 13.0. The van der Waals surface area contributed by atoms with Crippen molar-refractivity contribution in [1.82, 2.24) is 9.78 Å². The van der Waals surface area contributed by atoms with E-state index in [1.807, 2.05) is 27.0 Å². The topological polar surface area (TPSA) is 65.4 Å². The highest BCUT2D eigenvalue weighted by Gasteiger charge is 2.11. The lowest BCUT2D eigenvalue weighted by atomic mass is 10.2. The zero-order valence-electron chi connectivity index (χ0n) is 14.1. The quantitative estimate of drug-likeness (QED) is 0.881. The van der Waals surface area contributed by atoms with Crippen LogP contribution in [0.25, 0.3) is 6.08 Å². The van der Waals surface area contributed by atoms with E-state index in [2.05, 4.69) is 10.4 Å². The van der Waals surface area contributed by atoms with E-state index in [0.29, 0.717) is 30.4 Å². The van der Waals surface area contributed by atoms with Gasteiger partial charge in [0, 0.05) is 42.6 Å². The fourth-order valence-electron chi connectivity index (χ4n) is 2.62. The first kappa shape index (κ1) is 16.1. The lowest BCUT2D eigenvalue weighted by Crippen LogP contribution is -2.08. The van der Waals surface area contributed by atoms with Gasteiger partial charge in [-0.3, -0.25) is 9.48 Å². The number of anilines is 1. The van der Waals surface area contributed by atoms with Crippen LogP contribution in [0.2, 0.25) is 0 Å². The molecule has 1 N–H and O–H groups in total. The molecule has 126 valence electrons. The number of hydrogen-bond donors (Lipinski definition) is 1.